The van der Waals surface area contributed by atoms with E-state index in [1.165, 1.54) is 5.56 Å². The monoisotopic (exact) mass is 291 g/mol. The van der Waals surface area contributed by atoms with Crippen LogP contribution in [0.3, 0.4) is 0 Å². The molecule has 118 valence electrons. The van der Waals surface area contributed by atoms with Crippen molar-refractivity contribution in [3.8, 4) is 0 Å². The number of rotatable bonds is 7. The third-order valence-electron chi connectivity index (χ3n) is 3.99. The van der Waals surface area contributed by atoms with Crippen LogP contribution < -0.4 is 5.32 Å². The summed E-state index contributed by atoms with van der Waals surface area (Å²) >= 11 is 0. The number of hydrogen-bond acceptors (Lipinski definition) is 4. The lowest BCUT2D eigenvalue weighted by Gasteiger charge is -2.30. The second-order valence-corrected chi connectivity index (χ2v) is 6.44. The van der Waals surface area contributed by atoms with Gasteiger partial charge in [-0.15, -0.1) is 0 Å². The van der Waals surface area contributed by atoms with Gasteiger partial charge in [-0.1, -0.05) is 19.9 Å². The van der Waals surface area contributed by atoms with Crippen molar-refractivity contribution in [2.24, 2.45) is 5.92 Å². The van der Waals surface area contributed by atoms with Crippen LogP contribution in [-0.2, 0) is 17.8 Å². The predicted octanol–water partition coefficient (Wildman–Crippen LogP) is 2.44. The van der Waals surface area contributed by atoms with Crippen LogP contribution in [0.25, 0.3) is 0 Å². The summed E-state index contributed by atoms with van der Waals surface area (Å²) in [7, 11) is 2.19. The molecule has 4 nitrogen and oxygen atoms in total. The molecule has 4 heteroatoms. The van der Waals surface area contributed by atoms with Gasteiger partial charge < -0.3 is 10.1 Å². The average molecular weight is 291 g/mol. The lowest BCUT2D eigenvalue weighted by atomic mass is 10.1. The molecule has 0 aromatic carbocycles. The molecule has 1 aromatic heterocycles. The maximum atomic E-state index is 5.42. The highest BCUT2D eigenvalue weighted by Gasteiger charge is 2.18. The van der Waals surface area contributed by atoms with Crippen molar-refractivity contribution < 1.29 is 4.74 Å². The molecule has 1 saturated heterocycles. The first kappa shape index (κ1) is 16.4. The molecule has 0 saturated carbocycles. The minimum absolute atomic E-state index is 0.632. The summed E-state index contributed by atoms with van der Waals surface area (Å²) in [5.41, 5.74) is 2.41. The highest BCUT2D eigenvalue weighted by atomic mass is 16.5. The molecule has 0 atom stereocenters. The number of aromatic nitrogens is 1. The standard InChI is InChI=1S/C17H29N3O/c1-14(2)10-18-11-15-4-5-16(19-12-15)13-20(3)17-6-8-21-9-7-17/h4-5,12,14,17-18H,6-11,13H2,1-3H3. The molecule has 0 unspecified atom stereocenters. The van der Waals surface area contributed by atoms with Gasteiger partial charge in [-0.05, 0) is 44.0 Å². The lowest BCUT2D eigenvalue weighted by molar-refractivity contribution is 0.0403. The Morgan fingerprint density at radius 3 is 2.71 bits per heavy atom. The zero-order valence-electron chi connectivity index (χ0n) is 13.6. The Balaban J connectivity index is 1.78. The van der Waals surface area contributed by atoms with Gasteiger partial charge in [0.05, 0.1) is 5.69 Å². The molecule has 0 amide bonds. The fraction of sp³-hybridized carbons (Fsp3) is 0.706. The highest BCUT2D eigenvalue weighted by molar-refractivity contribution is 5.14. The smallest absolute Gasteiger partial charge is 0.0544 e. The van der Waals surface area contributed by atoms with Gasteiger partial charge >= 0.3 is 0 Å². The summed E-state index contributed by atoms with van der Waals surface area (Å²) in [6.45, 7) is 9.10. The Labute approximate surface area is 128 Å². The third-order valence-corrected chi connectivity index (χ3v) is 3.99. The highest BCUT2D eigenvalue weighted by Crippen LogP contribution is 2.15. The maximum Gasteiger partial charge on any atom is 0.0544 e. The quantitative estimate of drug-likeness (QED) is 0.837. The third kappa shape index (κ3) is 5.73. The molecule has 0 aliphatic carbocycles. The van der Waals surface area contributed by atoms with Gasteiger partial charge in [-0.25, -0.2) is 0 Å². The van der Waals surface area contributed by atoms with Crippen LogP contribution >= 0.6 is 0 Å². The maximum absolute atomic E-state index is 5.42. The summed E-state index contributed by atoms with van der Waals surface area (Å²) in [4.78, 5) is 7.00. The van der Waals surface area contributed by atoms with Gasteiger partial charge in [-0.2, -0.15) is 0 Å². The molecule has 1 aliphatic rings. The van der Waals surface area contributed by atoms with E-state index in [2.05, 4.69) is 48.2 Å². The SMILES string of the molecule is CC(C)CNCc1ccc(CN(C)C2CCOCC2)nc1. The Bertz CT molecular complexity index is 399. The molecule has 2 rings (SSSR count). The van der Waals surface area contributed by atoms with E-state index in [4.69, 9.17) is 4.74 Å². The van der Waals surface area contributed by atoms with Crippen LogP contribution in [0.2, 0.25) is 0 Å². The second kappa shape index (κ2) is 8.47. The average Bonchev–Trinajstić information content (AvgIpc) is 2.49. The van der Waals surface area contributed by atoms with Crippen molar-refractivity contribution in [3.63, 3.8) is 0 Å². The number of nitrogens with one attached hydrogen (secondary N) is 1. The minimum Gasteiger partial charge on any atom is -0.381 e. The van der Waals surface area contributed by atoms with Crippen molar-refractivity contribution in [1.29, 1.82) is 0 Å². The zero-order chi connectivity index (χ0) is 15.1. The van der Waals surface area contributed by atoms with E-state index in [9.17, 15) is 0 Å². The molecule has 0 spiro atoms. The summed E-state index contributed by atoms with van der Waals surface area (Å²) in [5.74, 6) is 0.686. The molecule has 1 N–H and O–H groups in total. The summed E-state index contributed by atoms with van der Waals surface area (Å²) in [6, 6.07) is 4.98. The van der Waals surface area contributed by atoms with Crippen LogP contribution in [-0.4, -0.2) is 42.7 Å². The molecule has 0 radical (unpaired) electrons. The van der Waals surface area contributed by atoms with Crippen LogP contribution in [0.1, 0.15) is 37.9 Å². The first-order chi connectivity index (χ1) is 10.1. The van der Waals surface area contributed by atoms with Gasteiger partial charge in [0.1, 0.15) is 0 Å². The molecular weight excluding hydrogens is 262 g/mol. The van der Waals surface area contributed by atoms with Crippen molar-refractivity contribution >= 4 is 0 Å². The predicted molar refractivity (Wildman–Crippen MR) is 86.1 cm³/mol. The number of hydrogen-bond donors (Lipinski definition) is 1. The first-order valence-electron chi connectivity index (χ1n) is 8.07. The van der Waals surface area contributed by atoms with E-state index in [1.807, 2.05) is 6.20 Å². The minimum atomic E-state index is 0.632. The summed E-state index contributed by atoms with van der Waals surface area (Å²) in [5, 5.41) is 3.45. The molecule has 21 heavy (non-hydrogen) atoms. The fourth-order valence-electron chi connectivity index (χ4n) is 2.67. The summed E-state index contributed by atoms with van der Waals surface area (Å²) < 4.78 is 5.42. The largest absolute Gasteiger partial charge is 0.381 e. The Kier molecular flexibility index (Phi) is 6.61. The molecule has 1 aromatic rings. The van der Waals surface area contributed by atoms with Gasteiger partial charge in [0, 0.05) is 38.5 Å². The second-order valence-electron chi connectivity index (χ2n) is 6.44. The molecule has 2 heterocycles. The van der Waals surface area contributed by atoms with Crippen LogP contribution in [0.5, 0.6) is 0 Å². The Morgan fingerprint density at radius 2 is 2.10 bits per heavy atom. The zero-order valence-corrected chi connectivity index (χ0v) is 13.6. The van der Waals surface area contributed by atoms with E-state index in [1.54, 1.807) is 0 Å². The fourth-order valence-corrected chi connectivity index (χ4v) is 2.67. The van der Waals surface area contributed by atoms with Gasteiger partial charge in [0.2, 0.25) is 0 Å². The van der Waals surface area contributed by atoms with Gasteiger partial charge in [-0.3, -0.25) is 9.88 Å². The Hall–Kier alpha value is -0.970. The van der Waals surface area contributed by atoms with Crippen LogP contribution in [0, 0.1) is 5.92 Å². The normalized spacial score (nSPS) is 16.8. The summed E-state index contributed by atoms with van der Waals surface area (Å²) in [6.07, 6.45) is 4.27. The number of pyridine rings is 1. The van der Waals surface area contributed by atoms with Crippen molar-refractivity contribution in [3.05, 3.63) is 29.6 Å². The van der Waals surface area contributed by atoms with Crippen LogP contribution in [0.15, 0.2) is 18.3 Å². The van der Waals surface area contributed by atoms with Gasteiger partial charge in [0.15, 0.2) is 0 Å². The van der Waals surface area contributed by atoms with Crippen LogP contribution in [0.4, 0.5) is 0 Å². The Morgan fingerprint density at radius 1 is 1.33 bits per heavy atom. The molecule has 1 aliphatic heterocycles. The molecular formula is C17H29N3O. The number of ether oxygens (including phenoxy) is 1. The first-order valence-corrected chi connectivity index (χ1v) is 8.07. The van der Waals surface area contributed by atoms with E-state index in [0.29, 0.717) is 12.0 Å². The molecule has 1 fully saturated rings. The van der Waals surface area contributed by atoms with E-state index < -0.39 is 0 Å². The molecule has 0 bridgehead atoms. The van der Waals surface area contributed by atoms with Crippen molar-refractivity contribution in [2.75, 3.05) is 26.8 Å². The topological polar surface area (TPSA) is 37.4 Å². The van der Waals surface area contributed by atoms with Gasteiger partial charge in [0.25, 0.3) is 0 Å². The van der Waals surface area contributed by atoms with Crippen molar-refractivity contribution in [1.82, 2.24) is 15.2 Å². The van der Waals surface area contributed by atoms with Crippen molar-refractivity contribution in [2.45, 2.75) is 45.8 Å². The van der Waals surface area contributed by atoms with E-state index in [0.717, 1.165) is 51.4 Å². The van der Waals surface area contributed by atoms with E-state index in [-0.39, 0.29) is 0 Å². The van der Waals surface area contributed by atoms with E-state index >= 15 is 0 Å². The number of nitrogens with zero attached hydrogens (tertiary/aromatic N) is 2. The lowest BCUT2D eigenvalue weighted by Crippen LogP contribution is -2.36.